The number of esters is 1. The third-order valence-corrected chi connectivity index (χ3v) is 6.83. The van der Waals surface area contributed by atoms with Crippen molar-refractivity contribution in [1.82, 2.24) is 30.4 Å². The number of morpholine rings is 1. The molecule has 1 saturated heterocycles. The van der Waals surface area contributed by atoms with Crippen LogP contribution in [0.1, 0.15) is 49.5 Å². The van der Waals surface area contributed by atoms with Crippen LogP contribution in [0.3, 0.4) is 0 Å². The van der Waals surface area contributed by atoms with E-state index < -0.39 is 35.2 Å². The van der Waals surface area contributed by atoms with Gasteiger partial charge in [0.05, 0.1) is 29.5 Å². The predicted octanol–water partition coefficient (Wildman–Crippen LogP) is 3.19. The summed E-state index contributed by atoms with van der Waals surface area (Å²) in [7, 11) is 0. The van der Waals surface area contributed by atoms with Crippen LogP contribution < -0.4 is 10.6 Å². The maximum absolute atomic E-state index is 14.9. The number of aromatic nitrogens is 4. The van der Waals surface area contributed by atoms with Crippen LogP contribution in [-0.2, 0) is 23.9 Å². The van der Waals surface area contributed by atoms with Crippen molar-refractivity contribution in [1.29, 1.82) is 0 Å². The van der Waals surface area contributed by atoms with Gasteiger partial charge in [0.1, 0.15) is 18.0 Å². The van der Waals surface area contributed by atoms with Gasteiger partial charge in [0.15, 0.2) is 5.82 Å². The second-order valence-corrected chi connectivity index (χ2v) is 11.5. The molecule has 1 aliphatic heterocycles. The lowest BCUT2D eigenvalue weighted by Crippen LogP contribution is -2.45. The van der Waals surface area contributed by atoms with Crippen LogP contribution in [0.4, 0.5) is 10.1 Å². The Bertz CT molecular complexity index is 1550. The van der Waals surface area contributed by atoms with Crippen molar-refractivity contribution in [2.75, 3.05) is 31.6 Å². The lowest BCUT2D eigenvalue weighted by Gasteiger charge is -2.27. The zero-order chi connectivity index (χ0) is 32.6. The van der Waals surface area contributed by atoms with Crippen molar-refractivity contribution in [2.45, 2.75) is 45.3 Å². The molecule has 1 fully saturated rings. The number of rotatable bonds is 10. The van der Waals surface area contributed by atoms with Crippen molar-refractivity contribution in [3.63, 3.8) is 0 Å². The lowest BCUT2D eigenvalue weighted by molar-refractivity contribution is -0.135. The first-order chi connectivity index (χ1) is 21.4. The predicted molar refractivity (Wildman–Crippen MR) is 162 cm³/mol. The van der Waals surface area contributed by atoms with Crippen LogP contribution in [0.2, 0.25) is 5.02 Å². The molecule has 0 saturated carbocycles. The fraction of sp³-hybridized carbons (Fsp3) is 0.367. The van der Waals surface area contributed by atoms with E-state index in [0.717, 1.165) is 6.08 Å². The van der Waals surface area contributed by atoms with E-state index in [1.807, 2.05) is 0 Å². The average Bonchev–Trinajstić information content (AvgIpc) is 3.54. The Morgan fingerprint density at radius 3 is 2.47 bits per heavy atom. The van der Waals surface area contributed by atoms with Gasteiger partial charge >= 0.3 is 5.97 Å². The first-order valence-corrected chi connectivity index (χ1v) is 14.5. The quantitative estimate of drug-likeness (QED) is 0.251. The number of anilines is 1. The molecule has 4 rings (SSSR count). The molecule has 1 aliphatic rings. The minimum atomic E-state index is -1.14. The topological polar surface area (TPSA) is 158 Å². The number of tetrazole rings is 1. The summed E-state index contributed by atoms with van der Waals surface area (Å²) in [5.74, 6) is -2.82. The summed E-state index contributed by atoms with van der Waals surface area (Å²) < 4.78 is 26.8. The third-order valence-electron chi connectivity index (χ3n) is 6.54. The van der Waals surface area contributed by atoms with Crippen molar-refractivity contribution in [2.24, 2.45) is 0 Å². The number of ether oxygens (including phenoxy) is 2. The van der Waals surface area contributed by atoms with E-state index in [-0.39, 0.29) is 35.0 Å². The summed E-state index contributed by atoms with van der Waals surface area (Å²) in [6, 6.07) is 7.74. The van der Waals surface area contributed by atoms with Gasteiger partial charge in [0.2, 0.25) is 17.7 Å². The Balaban J connectivity index is 1.49. The minimum Gasteiger partial charge on any atom is -0.456 e. The number of nitrogens with one attached hydrogen (secondary N) is 2. The fourth-order valence-corrected chi connectivity index (χ4v) is 4.49. The fourth-order valence-electron chi connectivity index (χ4n) is 4.33. The largest absolute Gasteiger partial charge is 0.456 e. The molecule has 0 aliphatic carbocycles. The average molecular weight is 642 g/mol. The van der Waals surface area contributed by atoms with E-state index in [4.69, 9.17) is 21.1 Å². The van der Waals surface area contributed by atoms with E-state index in [1.54, 1.807) is 25.7 Å². The van der Waals surface area contributed by atoms with Gasteiger partial charge in [0, 0.05) is 36.8 Å². The molecule has 0 radical (unpaired) electrons. The summed E-state index contributed by atoms with van der Waals surface area (Å²) in [4.78, 5) is 53.1. The molecular formula is C30H33ClFN7O6. The molecule has 1 atom stereocenters. The van der Waals surface area contributed by atoms with E-state index >= 15 is 0 Å². The van der Waals surface area contributed by atoms with Crippen molar-refractivity contribution in [3.05, 3.63) is 70.8 Å². The van der Waals surface area contributed by atoms with Crippen molar-refractivity contribution < 1.29 is 33.0 Å². The number of halogens is 2. The molecule has 13 nitrogen and oxygen atoms in total. The summed E-state index contributed by atoms with van der Waals surface area (Å²) in [5, 5.41) is 16.0. The molecule has 0 spiro atoms. The van der Waals surface area contributed by atoms with Crippen molar-refractivity contribution in [3.8, 4) is 5.69 Å². The lowest BCUT2D eigenvalue weighted by atomic mass is 10.1. The second kappa shape index (κ2) is 14.9. The molecule has 15 heteroatoms. The van der Waals surface area contributed by atoms with E-state index in [1.165, 1.54) is 53.5 Å². The highest BCUT2D eigenvalue weighted by molar-refractivity contribution is 6.31. The first-order valence-electron chi connectivity index (χ1n) is 14.1. The highest BCUT2D eigenvalue weighted by Gasteiger charge is 2.25. The molecule has 3 aromatic rings. The molecule has 2 aromatic carbocycles. The molecule has 2 N–H and O–H groups in total. The van der Waals surface area contributed by atoms with Crippen LogP contribution in [0.15, 0.2) is 48.8 Å². The molecule has 2 heterocycles. The molecular weight excluding hydrogens is 609 g/mol. The van der Waals surface area contributed by atoms with E-state index in [2.05, 4.69) is 26.2 Å². The van der Waals surface area contributed by atoms with Crippen molar-refractivity contribution >= 4 is 47.1 Å². The van der Waals surface area contributed by atoms with E-state index in [9.17, 15) is 23.6 Å². The molecule has 45 heavy (non-hydrogen) atoms. The number of carbonyl (C=O) groups is 4. The monoisotopic (exact) mass is 641 g/mol. The van der Waals surface area contributed by atoms with Crippen LogP contribution in [0, 0.1) is 5.82 Å². The maximum Gasteiger partial charge on any atom is 0.338 e. The van der Waals surface area contributed by atoms with Crippen LogP contribution in [0.25, 0.3) is 11.8 Å². The molecule has 3 amide bonds. The summed E-state index contributed by atoms with van der Waals surface area (Å²) >= 11 is 5.96. The summed E-state index contributed by atoms with van der Waals surface area (Å²) in [6.45, 7) is 6.98. The Hall–Kier alpha value is -4.69. The zero-order valence-electron chi connectivity index (χ0n) is 25.0. The number of amides is 3. The number of hydrogen-bond acceptors (Lipinski definition) is 9. The second-order valence-electron chi connectivity index (χ2n) is 11.0. The maximum atomic E-state index is 14.9. The first kappa shape index (κ1) is 33.2. The van der Waals surface area contributed by atoms with Crippen LogP contribution >= 0.6 is 11.6 Å². The number of benzene rings is 2. The molecule has 0 bridgehead atoms. The summed E-state index contributed by atoms with van der Waals surface area (Å²) in [5.41, 5.74) is 0.151. The number of nitrogens with zero attached hydrogens (tertiary/aromatic N) is 5. The Kier molecular flexibility index (Phi) is 11.0. The van der Waals surface area contributed by atoms with E-state index in [0.29, 0.717) is 37.6 Å². The third kappa shape index (κ3) is 9.40. The Labute approximate surface area is 263 Å². The van der Waals surface area contributed by atoms with Gasteiger partial charge < -0.3 is 25.0 Å². The number of carbonyl (C=O) groups excluding carboxylic acids is 4. The van der Waals surface area contributed by atoms with Gasteiger partial charge in [0.25, 0.3) is 0 Å². The van der Waals surface area contributed by atoms with Gasteiger partial charge in [-0.05, 0) is 80.1 Å². The minimum absolute atomic E-state index is 0.0149. The SMILES string of the molecule is CC(C)(C)OC(=O)c1ccc(NC(=O)[C@H](CCC(=O)N2CCOCC2)NC(=O)/C=C/c2c(-n3cnnn3)ccc(Cl)c2F)cc1. The highest BCUT2D eigenvalue weighted by Crippen LogP contribution is 2.25. The van der Waals surface area contributed by atoms with Crippen LogP contribution in [0.5, 0.6) is 0 Å². The van der Waals surface area contributed by atoms with Gasteiger partial charge in [-0.15, -0.1) is 5.10 Å². The van der Waals surface area contributed by atoms with Gasteiger partial charge in [-0.25, -0.2) is 9.18 Å². The van der Waals surface area contributed by atoms with Gasteiger partial charge in [-0.3, -0.25) is 14.4 Å². The zero-order valence-corrected chi connectivity index (χ0v) is 25.7. The normalized spacial score (nSPS) is 14.2. The standard InChI is InChI=1S/C30H33ClFN7O6/c1-30(2,3)45-29(43)19-4-6-20(7-5-19)34-28(42)23(10-13-26(41)38-14-16-44-17-15-38)35-25(40)12-8-21-24(39-18-33-36-37-39)11-9-22(31)27(21)32/h4-9,11-12,18,23H,10,13-17H2,1-3H3,(H,34,42)(H,35,40)/b12-8+/t23-/m0/s1. The highest BCUT2D eigenvalue weighted by atomic mass is 35.5. The van der Waals surface area contributed by atoms with Crippen LogP contribution in [-0.4, -0.2) is 86.7 Å². The molecule has 0 unspecified atom stereocenters. The number of hydrogen-bond donors (Lipinski definition) is 2. The van der Waals surface area contributed by atoms with Gasteiger partial charge in [-0.2, -0.15) is 4.68 Å². The molecule has 238 valence electrons. The Morgan fingerprint density at radius 1 is 1.11 bits per heavy atom. The summed E-state index contributed by atoms with van der Waals surface area (Å²) in [6.07, 6.45) is 3.45. The smallest absolute Gasteiger partial charge is 0.338 e. The Morgan fingerprint density at radius 2 is 1.82 bits per heavy atom. The van der Waals surface area contributed by atoms with Gasteiger partial charge in [-0.1, -0.05) is 11.6 Å². The molecule has 1 aromatic heterocycles.